The van der Waals surface area contributed by atoms with Gasteiger partial charge in [0.05, 0.1) is 32.2 Å². The molecule has 0 bridgehead atoms. The third-order valence-corrected chi connectivity index (χ3v) is 4.99. The third kappa shape index (κ3) is 5.07. The van der Waals surface area contributed by atoms with Crippen molar-refractivity contribution in [1.82, 2.24) is 10.2 Å². The molecular formula is C19H22BrN3O3. The van der Waals surface area contributed by atoms with Crippen LogP contribution in [-0.4, -0.2) is 62.7 Å². The summed E-state index contributed by atoms with van der Waals surface area (Å²) in [5.74, 6) is 5.58. The van der Waals surface area contributed by atoms with Gasteiger partial charge in [0.25, 0.3) is 0 Å². The van der Waals surface area contributed by atoms with Crippen molar-refractivity contribution < 1.29 is 14.3 Å². The Kier molecular flexibility index (Phi) is 6.67. The first-order valence-electron chi connectivity index (χ1n) is 8.73. The lowest BCUT2D eigenvalue weighted by molar-refractivity contribution is -0.126. The minimum Gasteiger partial charge on any atom is -0.379 e. The predicted molar refractivity (Wildman–Crippen MR) is 103 cm³/mol. The zero-order valence-corrected chi connectivity index (χ0v) is 16.1. The molecule has 138 valence electrons. The van der Waals surface area contributed by atoms with Crippen molar-refractivity contribution in [2.24, 2.45) is 5.92 Å². The third-order valence-electron chi connectivity index (χ3n) is 4.50. The van der Waals surface area contributed by atoms with E-state index in [-0.39, 0.29) is 24.2 Å². The molecule has 1 atom stereocenters. The summed E-state index contributed by atoms with van der Waals surface area (Å²) in [6.45, 7) is 4.71. The van der Waals surface area contributed by atoms with Crippen LogP contribution >= 0.6 is 15.9 Å². The van der Waals surface area contributed by atoms with E-state index in [0.29, 0.717) is 19.6 Å². The molecule has 1 aromatic rings. The zero-order chi connectivity index (χ0) is 18.4. The number of morpholine rings is 1. The number of hydrogen-bond donors (Lipinski definition) is 1. The van der Waals surface area contributed by atoms with Crippen LogP contribution in [0.25, 0.3) is 0 Å². The van der Waals surface area contributed by atoms with E-state index in [4.69, 9.17) is 4.74 Å². The van der Waals surface area contributed by atoms with Gasteiger partial charge in [0, 0.05) is 36.2 Å². The van der Waals surface area contributed by atoms with Crippen molar-refractivity contribution >= 4 is 33.4 Å². The molecule has 7 heteroatoms. The molecule has 2 saturated heterocycles. The Labute approximate surface area is 162 Å². The van der Waals surface area contributed by atoms with Crippen molar-refractivity contribution in [3.8, 4) is 11.8 Å². The summed E-state index contributed by atoms with van der Waals surface area (Å²) in [7, 11) is 0. The van der Waals surface area contributed by atoms with E-state index < -0.39 is 0 Å². The molecule has 2 aliphatic rings. The van der Waals surface area contributed by atoms with Crippen molar-refractivity contribution in [3.05, 3.63) is 28.7 Å². The van der Waals surface area contributed by atoms with Gasteiger partial charge in [0.2, 0.25) is 11.8 Å². The second-order valence-electron chi connectivity index (χ2n) is 6.35. The molecule has 3 rings (SSSR count). The van der Waals surface area contributed by atoms with E-state index in [1.165, 1.54) is 0 Å². The van der Waals surface area contributed by atoms with Gasteiger partial charge in [0.1, 0.15) is 0 Å². The van der Waals surface area contributed by atoms with Gasteiger partial charge in [-0.25, -0.2) is 0 Å². The van der Waals surface area contributed by atoms with Crippen LogP contribution in [0.15, 0.2) is 28.7 Å². The molecule has 2 heterocycles. The first-order chi connectivity index (χ1) is 12.6. The molecule has 2 aliphatic heterocycles. The maximum Gasteiger partial charge on any atom is 0.227 e. The number of benzene rings is 1. The Balaban J connectivity index is 1.45. The number of anilines is 1. The normalized spacial score (nSPS) is 20.6. The van der Waals surface area contributed by atoms with Gasteiger partial charge in [0.15, 0.2) is 0 Å². The lowest BCUT2D eigenvalue weighted by atomic mass is 10.1. The standard InChI is InChI=1S/C19H22BrN3O3/c20-16-4-3-5-17(13-16)23-14-15(12-18(23)24)19(25)21-6-1-2-7-22-8-10-26-11-9-22/h3-5,13,15H,6-12,14H2,(H,21,25). The quantitative estimate of drug-likeness (QED) is 0.746. The van der Waals surface area contributed by atoms with Crippen molar-refractivity contribution in [3.63, 3.8) is 0 Å². The van der Waals surface area contributed by atoms with Crippen LogP contribution in [0.2, 0.25) is 0 Å². The Hall–Kier alpha value is -1.88. The lowest BCUT2D eigenvalue weighted by Gasteiger charge is -2.24. The highest BCUT2D eigenvalue weighted by atomic mass is 79.9. The summed E-state index contributed by atoms with van der Waals surface area (Å²) in [5, 5.41) is 2.82. The number of carbonyl (C=O) groups excluding carboxylic acids is 2. The summed E-state index contributed by atoms with van der Waals surface area (Å²) >= 11 is 3.41. The number of halogens is 1. The van der Waals surface area contributed by atoms with E-state index in [2.05, 4.69) is 38.0 Å². The first kappa shape index (κ1) is 18.9. The molecule has 0 aliphatic carbocycles. The monoisotopic (exact) mass is 419 g/mol. The summed E-state index contributed by atoms with van der Waals surface area (Å²) < 4.78 is 6.20. The number of rotatable bonds is 4. The van der Waals surface area contributed by atoms with Gasteiger partial charge in [-0.1, -0.05) is 33.8 Å². The topological polar surface area (TPSA) is 61.9 Å². The van der Waals surface area contributed by atoms with Gasteiger partial charge < -0.3 is 15.0 Å². The average Bonchev–Trinajstić information content (AvgIpc) is 3.04. The number of hydrogen-bond acceptors (Lipinski definition) is 4. The smallest absolute Gasteiger partial charge is 0.227 e. The maximum atomic E-state index is 12.3. The van der Waals surface area contributed by atoms with E-state index in [9.17, 15) is 9.59 Å². The molecule has 1 unspecified atom stereocenters. The number of carbonyl (C=O) groups is 2. The first-order valence-corrected chi connectivity index (χ1v) is 9.52. The minimum atomic E-state index is -0.331. The lowest BCUT2D eigenvalue weighted by Crippen LogP contribution is -2.36. The van der Waals surface area contributed by atoms with Gasteiger partial charge >= 0.3 is 0 Å². The summed E-state index contributed by atoms with van der Waals surface area (Å²) in [4.78, 5) is 28.4. The average molecular weight is 420 g/mol. The molecule has 0 radical (unpaired) electrons. The van der Waals surface area contributed by atoms with Gasteiger partial charge in [-0.05, 0) is 18.2 Å². The number of ether oxygens (including phenoxy) is 1. The van der Waals surface area contributed by atoms with Crippen molar-refractivity contribution in [2.45, 2.75) is 6.42 Å². The summed E-state index contributed by atoms with van der Waals surface area (Å²) in [6.07, 6.45) is 0.236. The Bertz CT molecular complexity index is 722. The second-order valence-corrected chi connectivity index (χ2v) is 7.26. The predicted octanol–water partition coefficient (Wildman–Crippen LogP) is 1.25. The van der Waals surface area contributed by atoms with Crippen molar-refractivity contribution in [2.75, 3.05) is 50.8 Å². The van der Waals surface area contributed by atoms with Gasteiger partial charge in [-0.2, -0.15) is 0 Å². The maximum absolute atomic E-state index is 12.3. The Morgan fingerprint density at radius 1 is 1.31 bits per heavy atom. The number of nitrogens with zero attached hydrogens (tertiary/aromatic N) is 2. The largest absolute Gasteiger partial charge is 0.379 e. The second kappa shape index (κ2) is 9.17. The van der Waals surface area contributed by atoms with E-state index >= 15 is 0 Å². The molecule has 2 amide bonds. The van der Waals surface area contributed by atoms with Crippen LogP contribution < -0.4 is 10.2 Å². The van der Waals surface area contributed by atoms with Gasteiger partial charge in [-0.15, -0.1) is 0 Å². The van der Waals surface area contributed by atoms with Crippen LogP contribution in [-0.2, 0) is 14.3 Å². The molecule has 0 spiro atoms. The van der Waals surface area contributed by atoms with Crippen LogP contribution in [0.1, 0.15) is 6.42 Å². The highest BCUT2D eigenvalue weighted by Crippen LogP contribution is 2.27. The van der Waals surface area contributed by atoms with E-state index in [1.807, 2.05) is 24.3 Å². The van der Waals surface area contributed by atoms with Gasteiger partial charge in [-0.3, -0.25) is 14.5 Å². The highest BCUT2D eigenvalue weighted by molar-refractivity contribution is 9.10. The fourth-order valence-corrected chi connectivity index (χ4v) is 3.43. The fraction of sp³-hybridized carbons (Fsp3) is 0.474. The van der Waals surface area contributed by atoms with Crippen molar-refractivity contribution in [1.29, 1.82) is 0 Å². The molecular weight excluding hydrogens is 398 g/mol. The molecule has 2 fully saturated rings. The number of nitrogens with one attached hydrogen (secondary N) is 1. The molecule has 26 heavy (non-hydrogen) atoms. The van der Waals surface area contributed by atoms with Crippen LogP contribution in [0.4, 0.5) is 5.69 Å². The molecule has 1 aromatic carbocycles. The molecule has 1 N–H and O–H groups in total. The Morgan fingerprint density at radius 2 is 2.12 bits per heavy atom. The SMILES string of the molecule is O=C(NCC#CCN1CCOCC1)C1CC(=O)N(c2cccc(Br)c2)C1. The van der Waals surface area contributed by atoms with Crippen LogP contribution in [0.3, 0.4) is 0 Å². The molecule has 0 aromatic heterocycles. The number of amides is 2. The molecule has 6 nitrogen and oxygen atoms in total. The summed E-state index contributed by atoms with van der Waals surface area (Å²) in [6, 6.07) is 7.54. The molecule has 0 saturated carbocycles. The zero-order valence-electron chi connectivity index (χ0n) is 14.5. The van der Waals surface area contributed by atoms with Crippen LogP contribution in [0.5, 0.6) is 0 Å². The fourth-order valence-electron chi connectivity index (χ4n) is 3.04. The highest BCUT2D eigenvalue weighted by Gasteiger charge is 2.34. The summed E-state index contributed by atoms with van der Waals surface area (Å²) in [5.41, 5.74) is 0.810. The van der Waals surface area contributed by atoms with E-state index in [1.54, 1.807) is 4.90 Å². The Morgan fingerprint density at radius 3 is 2.88 bits per heavy atom. The van der Waals surface area contributed by atoms with Crippen LogP contribution in [0, 0.1) is 17.8 Å². The minimum absolute atomic E-state index is 0.0262. The van der Waals surface area contributed by atoms with E-state index in [0.717, 1.165) is 36.5 Å².